The van der Waals surface area contributed by atoms with E-state index in [1.807, 2.05) is 0 Å². The number of nitrogens with zero attached hydrogens (tertiary/aromatic N) is 4. The van der Waals surface area contributed by atoms with Crippen molar-refractivity contribution in [2.75, 3.05) is 24.5 Å². The Bertz CT molecular complexity index is 1050. The summed E-state index contributed by atoms with van der Waals surface area (Å²) in [5.74, 6) is -0.248. The maximum atomic E-state index is 13.5. The van der Waals surface area contributed by atoms with Crippen molar-refractivity contribution in [3.8, 4) is 0 Å². The number of carbonyl (C=O) groups is 1. The quantitative estimate of drug-likeness (QED) is 0.609. The molecule has 2 aromatic heterocycles. The summed E-state index contributed by atoms with van der Waals surface area (Å²) in [7, 11) is -3.78. The maximum absolute atomic E-state index is 13.5. The molecule has 1 unspecified atom stereocenters. The predicted octanol–water partition coefficient (Wildman–Crippen LogP) is 3.25. The van der Waals surface area contributed by atoms with Crippen LogP contribution in [0.25, 0.3) is 0 Å². The second-order valence-electron chi connectivity index (χ2n) is 8.17. The van der Waals surface area contributed by atoms with E-state index in [1.54, 1.807) is 36.2 Å². The Balaban J connectivity index is 1.57. The molecule has 0 spiro atoms. The lowest BCUT2D eigenvalue weighted by molar-refractivity contribution is -0.123. The number of hydrogen-bond donors (Lipinski definition) is 0. The zero-order chi connectivity index (χ0) is 22.2. The lowest BCUT2D eigenvalue weighted by atomic mass is 9.98. The first-order chi connectivity index (χ1) is 14.8. The monoisotopic (exact) mass is 464 g/mol. The Morgan fingerprint density at radius 3 is 2.77 bits per heavy atom. The van der Waals surface area contributed by atoms with Gasteiger partial charge in [0.15, 0.2) is 10.9 Å². The molecule has 31 heavy (non-hydrogen) atoms. The van der Waals surface area contributed by atoms with E-state index >= 15 is 0 Å². The molecule has 1 aliphatic heterocycles. The van der Waals surface area contributed by atoms with Gasteiger partial charge in [0, 0.05) is 24.5 Å². The van der Waals surface area contributed by atoms with Gasteiger partial charge in [0.25, 0.3) is 0 Å². The smallest absolute Gasteiger partial charge is 0.248 e. The second-order valence-corrected chi connectivity index (χ2v) is 11.1. The molecule has 1 saturated heterocycles. The summed E-state index contributed by atoms with van der Waals surface area (Å²) >= 11 is 1.58. The third-order valence-corrected chi connectivity index (χ3v) is 9.23. The highest BCUT2D eigenvalue weighted by Crippen LogP contribution is 2.34. The molecule has 10 heteroatoms. The average molecular weight is 465 g/mol. The van der Waals surface area contributed by atoms with E-state index in [0.717, 1.165) is 31.4 Å². The van der Waals surface area contributed by atoms with E-state index in [-0.39, 0.29) is 23.1 Å². The van der Waals surface area contributed by atoms with Crippen molar-refractivity contribution in [1.82, 2.24) is 14.4 Å². The number of anilines is 1. The molecule has 2 aliphatic rings. The van der Waals surface area contributed by atoms with Crippen molar-refractivity contribution in [2.24, 2.45) is 5.92 Å². The summed E-state index contributed by atoms with van der Waals surface area (Å²) in [6.07, 6.45) is 7.20. The molecule has 1 amide bonds. The molecule has 4 rings (SSSR count). The number of rotatable bonds is 6. The van der Waals surface area contributed by atoms with E-state index in [9.17, 15) is 13.2 Å². The fourth-order valence-corrected chi connectivity index (χ4v) is 7.38. The number of amides is 1. The van der Waals surface area contributed by atoms with Crippen LogP contribution >= 0.6 is 11.3 Å². The zero-order valence-electron chi connectivity index (χ0n) is 18.0. The van der Waals surface area contributed by atoms with Crippen LogP contribution in [0.1, 0.15) is 47.7 Å². The lowest BCUT2D eigenvalue weighted by Crippen LogP contribution is -2.47. The second kappa shape index (κ2) is 8.84. The van der Waals surface area contributed by atoms with Gasteiger partial charge in [-0.05, 0) is 52.4 Å². The summed E-state index contributed by atoms with van der Waals surface area (Å²) in [5, 5.41) is 4.48. The van der Waals surface area contributed by atoms with Crippen molar-refractivity contribution in [3.05, 3.63) is 34.7 Å². The van der Waals surface area contributed by atoms with Crippen LogP contribution in [-0.4, -0.2) is 48.4 Å². The molecule has 3 heterocycles. The molecule has 8 nitrogen and oxygen atoms in total. The van der Waals surface area contributed by atoms with Gasteiger partial charge in [0.1, 0.15) is 10.6 Å². The average Bonchev–Trinajstić information content (AvgIpc) is 3.34. The summed E-state index contributed by atoms with van der Waals surface area (Å²) in [5.41, 5.74) is 1.44. The van der Waals surface area contributed by atoms with Crippen LogP contribution in [0.15, 0.2) is 22.1 Å². The Hall–Kier alpha value is -2.04. The summed E-state index contributed by atoms with van der Waals surface area (Å²) in [6.45, 7) is 7.89. The summed E-state index contributed by atoms with van der Waals surface area (Å²) < 4.78 is 32.9. The minimum Gasteiger partial charge on any atom is -0.360 e. The number of fused-ring (bicyclic) bond motifs is 1. The third-order valence-electron chi connectivity index (χ3n) is 5.94. The number of hydrogen-bond acceptors (Lipinski definition) is 7. The number of piperidine rings is 1. The van der Waals surface area contributed by atoms with Crippen LogP contribution in [0.5, 0.6) is 0 Å². The largest absolute Gasteiger partial charge is 0.360 e. The molecule has 1 fully saturated rings. The zero-order valence-corrected chi connectivity index (χ0v) is 19.6. The van der Waals surface area contributed by atoms with E-state index in [1.165, 1.54) is 9.18 Å². The SMILES string of the molecule is C=CCN(C(=O)C1CCCN(S(=O)(=O)c2c(C)noc2C)C1)c1nc2c(s1)CCCC2. The lowest BCUT2D eigenvalue weighted by Gasteiger charge is -2.33. The maximum Gasteiger partial charge on any atom is 0.248 e. The molecular weight excluding hydrogens is 436 g/mol. The standard InChI is InChI=1S/C21H28N4O4S2/c1-4-11-25(21-22-17-9-5-6-10-18(17)30-21)20(26)16-8-7-12-24(13-16)31(27,28)19-14(2)23-29-15(19)3/h4,16H,1,5-13H2,2-3H3. The van der Waals surface area contributed by atoms with Crippen molar-refractivity contribution in [1.29, 1.82) is 0 Å². The Kier molecular flexibility index (Phi) is 6.32. The van der Waals surface area contributed by atoms with Gasteiger partial charge < -0.3 is 4.52 Å². The molecule has 1 aliphatic carbocycles. The van der Waals surface area contributed by atoms with Crippen LogP contribution in [0.2, 0.25) is 0 Å². The van der Waals surface area contributed by atoms with E-state index < -0.39 is 15.9 Å². The molecule has 0 radical (unpaired) electrons. The molecule has 168 valence electrons. The van der Waals surface area contributed by atoms with Gasteiger partial charge >= 0.3 is 0 Å². The fourth-order valence-electron chi connectivity index (χ4n) is 4.40. The first-order valence-corrected chi connectivity index (χ1v) is 12.9. The van der Waals surface area contributed by atoms with Crippen LogP contribution in [0.3, 0.4) is 0 Å². The Morgan fingerprint density at radius 1 is 1.32 bits per heavy atom. The number of aryl methyl sites for hydroxylation is 4. The minimum atomic E-state index is -3.78. The number of thiazole rings is 1. The van der Waals surface area contributed by atoms with Crippen molar-refractivity contribution < 1.29 is 17.7 Å². The van der Waals surface area contributed by atoms with E-state index in [4.69, 9.17) is 9.51 Å². The van der Waals surface area contributed by atoms with Crippen LogP contribution in [-0.2, 0) is 27.7 Å². The van der Waals surface area contributed by atoms with Crippen LogP contribution in [0, 0.1) is 19.8 Å². The van der Waals surface area contributed by atoms with Crippen molar-refractivity contribution in [3.63, 3.8) is 0 Å². The van der Waals surface area contributed by atoms with Crippen molar-refractivity contribution in [2.45, 2.75) is 57.3 Å². The Morgan fingerprint density at radius 2 is 2.10 bits per heavy atom. The van der Waals surface area contributed by atoms with Gasteiger partial charge in [-0.2, -0.15) is 4.31 Å². The van der Waals surface area contributed by atoms with E-state index in [2.05, 4.69) is 11.7 Å². The van der Waals surface area contributed by atoms with Gasteiger partial charge in [-0.15, -0.1) is 17.9 Å². The van der Waals surface area contributed by atoms with E-state index in [0.29, 0.717) is 36.8 Å². The van der Waals surface area contributed by atoms with Gasteiger partial charge in [-0.25, -0.2) is 13.4 Å². The first-order valence-electron chi connectivity index (χ1n) is 10.7. The molecular formula is C21H28N4O4S2. The van der Waals surface area contributed by atoms with Gasteiger partial charge in [-0.1, -0.05) is 11.2 Å². The molecule has 0 N–H and O–H groups in total. The summed E-state index contributed by atoms with van der Waals surface area (Å²) in [4.78, 5) is 21.3. The highest BCUT2D eigenvalue weighted by molar-refractivity contribution is 7.89. The predicted molar refractivity (Wildman–Crippen MR) is 119 cm³/mol. The Labute approximate surface area is 187 Å². The molecule has 0 aromatic carbocycles. The molecule has 1 atom stereocenters. The first kappa shape index (κ1) is 22.2. The fraction of sp³-hybridized carbons (Fsp3) is 0.571. The molecule has 0 saturated carbocycles. The van der Waals surface area contributed by atoms with Crippen LogP contribution < -0.4 is 4.90 Å². The molecule has 2 aromatic rings. The summed E-state index contributed by atoms with van der Waals surface area (Å²) in [6, 6.07) is 0. The highest BCUT2D eigenvalue weighted by atomic mass is 32.2. The van der Waals surface area contributed by atoms with Gasteiger partial charge in [0.05, 0.1) is 11.6 Å². The highest BCUT2D eigenvalue weighted by Gasteiger charge is 2.38. The number of sulfonamides is 1. The minimum absolute atomic E-state index is 0.0929. The van der Waals surface area contributed by atoms with Crippen molar-refractivity contribution >= 4 is 32.4 Å². The number of carbonyl (C=O) groups excluding carboxylic acids is 1. The van der Waals surface area contributed by atoms with Gasteiger partial charge in [-0.3, -0.25) is 9.69 Å². The normalized spacial score (nSPS) is 19.7. The molecule has 0 bridgehead atoms. The number of aromatic nitrogens is 2. The van der Waals surface area contributed by atoms with Gasteiger partial charge in [0.2, 0.25) is 15.9 Å². The van der Waals surface area contributed by atoms with Crippen LogP contribution in [0.4, 0.5) is 5.13 Å². The topological polar surface area (TPSA) is 96.6 Å². The third kappa shape index (κ3) is 4.20.